The number of aromatic nitrogens is 3. The monoisotopic (exact) mass is 477 g/mol. The number of alkyl halides is 3. The summed E-state index contributed by atoms with van der Waals surface area (Å²) in [6, 6.07) is 6.96. The number of esters is 1. The summed E-state index contributed by atoms with van der Waals surface area (Å²) in [5.41, 5.74) is 2.99. The molecule has 33 heavy (non-hydrogen) atoms. The van der Waals surface area contributed by atoms with Crippen molar-refractivity contribution in [2.24, 2.45) is 4.99 Å². The minimum absolute atomic E-state index is 0.126. The zero-order chi connectivity index (χ0) is 24.0. The Balaban J connectivity index is 1.84. The normalized spacial score (nSPS) is 11.7. The van der Waals surface area contributed by atoms with Gasteiger partial charge in [0.15, 0.2) is 5.82 Å². The van der Waals surface area contributed by atoms with Gasteiger partial charge in [0.2, 0.25) is 0 Å². The fourth-order valence-electron chi connectivity index (χ4n) is 2.90. The molecule has 11 heteroatoms. The Kier molecular flexibility index (Phi) is 7.75. The minimum atomic E-state index is -4.26. The molecule has 0 spiro atoms. The number of carbonyl (C=O) groups excluding carboxylic acids is 1. The molecule has 3 aromatic rings. The van der Waals surface area contributed by atoms with Gasteiger partial charge in [-0.15, -0.1) is 16.9 Å². The van der Waals surface area contributed by atoms with Crippen LogP contribution in [0.5, 0.6) is 0 Å². The first kappa shape index (κ1) is 24.3. The highest BCUT2D eigenvalue weighted by molar-refractivity contribution is 7.99. The van der Waals surface area contributed by atoms with Crippen LogP contribution in [0.2, 0.25) is 0 Å². The Bertz CT molecular complexity index is 1150. The van der Waals surface area contributed by atoms with Crippen molar-refractivity contribution in [1.29, 1.82) is 0 Å². The summed E-state index contributed by atoms with van der Waals surface area (Å²) in [6.07, 6.45) is 1.80. The third kappa shape index (κ3) is 6.58. The molecular formula is C22H22F3N5O2S. The van der Waals surface area contributed by atoms with E-state index in [9.17, 15) is 18.0 Å². The van der Waals surface area contributed by atoms with Crippen LogP contribution in [0.1, 0.15) is 28.4 Å². The van der Waals surface area contributed by atoms with Crippen LogP contribution >= 0.6 is 11.8 Å². The third-order valence-corrected chi connectivity index (χ3v) is 5.64. The summed E-state index contributed by atoms with van der Waals surface area (Å²) in [4.78, 5) is 21.2. The Labute approximate surface area is 193 Å². The van der Waals surface area contributed by atoms with E-state index in [1.807, 2.05) is 6.92 Å². The van der Waals surface area contributed by atoms with E-state index < -0.39 is 17.9 Å². The standard InChI is InChI=1S/C22H22F3N5O2S/c1-4-32-21(31)17-11-30(16-6-5-7-26-10-16)29-20(17)28-13-27-18-9-19(15(3)8-14(18)2)33-12-22(23,24)25/h5-11,13H,4,12H2,1-3H3,(H,27,28,29). The Morgan fingerprint density at radius 1 is 1.30 bits per heavy atom. The SMILES string of the molecule is CCOC(=O)c1cn(-c2cccnc2)nc1/N=C\Nc1cc(SCC(F)(F)F)c(C)cc1C. The molecule has 174 valence electrons. The quantitative estimate of drug-likeness (QED) is 0.200. The number of ether oxygens (including phenoxy) is 1. The Morgan fingerprint density at radius 3 is 2.76 bits per heavy atom. The van der Waals surface area contributed by atoms with Crippen LogP contribution in [0.4, 0.5) is 24.7 Å². The van der Waals surface area contributed by atoms with E-state index in [0.717, 1.165) is 22.9 Å². The number of thioether (sulfide) groups is 1. The molecule has 2 heterocycles. The lowest BCUT2D eigenvalue weighted by molar-refractivity contribution is -0.105. The van der Waals surface area contributed by atoms with Gasteiger partial charge in [-0.25, -0.2) is 14.5 Å². The number of nitrogens with one attached hydrogen (secondary N) is 1. The van der Waals surface area contributed by atoms with Crippen molar-refractivity contribution >= 4 is 35.6 Å². The van der Waals surface area contributed by atoms with Crippen molar-refractivity contribution in [3.05, 3.63) is 59.5 Å². The van der Waals surface area contributed by atoms with Gasteiger partial charge >= 0.3 is 12.1 Å². The van der Waals surface area contributed by atoms with Crippen LogP contribution in [0, 0.1) is 13.8 Å². The molecule has 0 aliphatic heterocycles. The summed E-state index contributed by atoms with van der Waals surface area (Å²) < 4.78 is 44.4. The third-order valence-electron chi connectivity index (χ3n) is 4.42. The zero-order valence-corrected chi connectivity index (χ0v) is 19.0. The van der Waals surface area contributed by atoms with Crippen molar-refractivity contribution in [3.8, 4) is 5.69 Å². The lowest BCUT2D eigenvalue weighted by Gasteiger charge is -2.12. The molecule has 0 saturated carbocycles. The molecule has 0 unspecified atom stereocenters. The zero-order valence-electron chi connectivity index (χ0n) is 18.2. The number of hydrogen-bond acceptors (Lipinski definition) is 6. The van der Waals surface area contributed by atoms with Crippen LogP contribution in [0.25, 0.3) is 5.69 Å². The van der Waals surface area contributed by atoms with E-state index in [4.69, 9.17) is 4.74 Å². The first-order valence-electron chi connectivity index (χ1n) is 9.95. The lowest BCUT2D eigenvalue weighted by Crippen LogP contribution is -2.10. The number of anilines is 1. The van der Waals surface area contributed by atoms with Gasteiger partial charge in [0.05, 0.1) is 30.6 Å². The number of carbonyl (C=O) groups is 1. The molecule has 0 aliphatic rings. The summed E-state index contributed by atoms with van der Waals surface area (Å²) in [5.74, 6) is -1.42. The summed E-state index contributed by atoms with van der Waals surface area (Å²) >= 11 is 0.727. The van der Waals surface area contributed by atoms with Gasteiger partial charge in [0.1, 0.15) is 5.56 Å². The van der Waals surface area contributed by atoms with E-state index in [-0.39, 0.29) is 18.0 Å². The molecule has 0 amide bonds. The number of halogens is 3. The van der Waals surface area contributed by atoms with Crippen LogP contribution < -0.4 is 5.32 Å². The van der Waals surface area contributed by atoms with Crippen LogP contribution in [0.15, 0.2) is 52.7 Å². The molecule has 0 saturated heterocycles. The van der Waals surface area contributed by atoms with E-state index in [2.05, 4.69) is 20.4 Å². The molecule has 7 nitrogen and oxygen atoms in total. The molecule has 0 bridgehead atoms. The number of hydrogen-bond donors (Lipinski definition) is 1. The number of aliphatic imine (C=N–C) groups is 1. The van der Waals surface area contributed by atoms with E-state index in [1.54, 1.807) is 50.5 Å². The molecule has 0 radical (unpaired) electrons. The van der Waals surface area contributed by atoms with Crippen LogP contribution in [0.3, 0.4) is 0 Å². The predicted octanol–water partition coefficient (Wildman–Crippen LogP) is 5.49. The Hall–Kier alpha value is -3.34. The second-order valence-electron chi connectivity index (χ2n) is 6.98. The molecular weight excluding hydrogens is 455 g/mol. The van der Waals surface area contributed by atoms with Gasteiger partial charge in [0.25, 0.3) is 0 Å². The summed E-state index contributed by atoms with van der Waals surface area (Å²) in [5, 5.41) is 7.31. The first-order chi connectivity index (χ1) is 15.7. The minimum Gasteiger partial charge on any atom is -0.462 e. The van der Waals surface area contributed by atoms with Crippen molar-refractivity contribution in [1.82, 2.24) is 14.8 Å². The maximum absolute atomic E-state index is 12.6. The van der Waals surface area contributed by atoms with Gasteiger partial charge in [0, 0.05) is 23.0 Å². The van der Waals surface area contributed by atoms with Crippen molar-refractivity contribution < 1.29 is 22.7 Å². The Morgan fingerprint density at radius 2 is 2.09 bits per heavy atom. The highest BCUT2D eigenvalue weighted by atomic mass is 32.2. The summed E-state index contributed by atoms with van der Waals surface area (Å²) in [7, 11) is 0. The number of nitrogens with zero attached hydrogens (tertiary/aromatic N) is 4. The number of benzene rings is 1. The van der Waals surface area contributed by atoms with Gasteiger partial charge < -0.3 is 10.1 Å². The van der Waals surface area contributed by atoms with Crippen LogP contribution in [-0.4, -0.2) is 45.6 Å². The van der Waals surface area contributed by atoms with E-state index in [1.165, 1.54) is 17.2 Å². The molecule has 1 aromatic carbocycles. The molecule has 1 N–H and O–H groups in total. The highest BCUT2D eigenvalue weighted by Gasteiger charge is 2.27. The fraction of sp³-hybridized carbons (Fsp3) is 0.273. The van der Waals surface area contributed by atoms with Gasteiger partial charge in [-0.05, 0) is 50.1 Å². The van der Waals surface area contributed by atoms with Crippen molar-refractivity contribution in [2.45, 2.75) is 31.8 Å². The maximum atomic E-state index is 12.6. The van der Waals surface area contributed by atoms with Gasteiger partial charge in [-0.2, -0.15) is 13.2 Å². The van der Waals surface area contributed by atoms with Crippen molar-refractivity contribution in [2.75, 3.05) is 17.7 Å². The maximum Gasteiger partial charge on any atom is 0.398 e. The van der Waals surface area contributed by atoms with Crippen molar-refractivity contribution in [3.63, 3.8) is 0 Å². The summed E-state index contributed by atoms with van der Waals surface area (Å²) in [6.45, 7) is 5.49. The second kappa shape index (κ2) is 10.5. The highest BCUT2D eigenvalue weighted by Crippen LogP contribution is 2.32. The second-order valence-corrected chi connectivity index (χ2v) is 8.00. The van der Waals surface area contributed by atoms with Gasteiger partial charge in [-0.3, -0.25) is 4.98 Å². The molecule has 2 aromatic heterocycles. The average Bonchev–Trinajstić information content (AvgIpc) is 3.19. The largest absolute Gasteiger partial charge is 0.462 e. The van der Waals surface area contributed by atoms with E-state index >= 15 is 0 Å². The molecule has 0 fully saturated rings. The number of pyridine rings is 1. The molecule has 0 atom stereocenters. The number of aryl methyl sites for hydroxylation is 2. The predicted molar refractivity (Wildman–Crippen MR) is 122 cm³/mol. The molecule has 0 aliphatic carbocycles. The van der Waals surface area contributed by atoms with E-state index in [0.29, 0.717) is 16.3 Å². The molecule has 3 rings (SSSR count). The van der Waals surface area contributed by atoms with Crippen LogP contribution in [-0.2, 0) is 4.74 Å². The number of rotatable bonds is 8. The first-order valence-corrected chi connectivity index (χ1v) is 10.9. The topological polar surface area (TPSA) is 81.4 Å². The fourth-order valence-corrected chi connectivity index (χ4v) is 3.71. The lowest BCUT2D eigenvalue weighted by atomic mass is 10.1. The van der Waals surface area contributed by atoms with Gasteiger partial charge in [-0.1, -0.05) is 6.07 Å². The smallest absolute Gasteiger partial charge is 0.398 e. The average molecular weight is 478 g/mol.